The fourth-order valence-corrected chi connectivity index (χ4v) is 3.05. The molecule has 4 aromatic rings. The molecule has 0 saturated carbocycles. The number of fused-ring (bicyclic) bond motifs is 3. The van der Waals surface area contributed by atoms with Crippen molar-refractivity contribution in [2.24, 2.45) is 0 Å². The molecular weight excluding hydrogens is 362 g/mol. The van der Waals surface area contributed by atoms with E-state index in [2.05, 4.69) is 5.10 Å². The van der Waals surface area contributed by atoms with E-state index in [4.69, 9.17) is 9.47 Å². The van der Waals surface area contributed by atoms with Crippen LogP contribution in [0.5, 0.6) is 5.75 Å². The molecule has 0 fully saturated rings. The third-order valence-corrected chi connectivity index (χ3v) is 4.45. The number of carbonyl (C=O) groups is 1. The van der Waals surface area contributed by atoms with Crippen molar-refractivity contribution >= 4 is 22.5 Å². The lowest BCUT2D eigenvalue weighted by Gasteiger charge is -2.08. The third kappa shape index (κ3) is 2.75. The van der Waals surface area contributed by atoms with Gasteiger partial charge in [0.1, 0.15) is 16.8 Å². The molecule has 0 aliphatic carbocycles. The maximum absolute atomic E-state index is 12.6. The molecule has 142 valence electrons. The monoisotopic (exact) mass is 379 g/mol. The van der Waals surface area contributed by atoms with Crippen LogP contribution in [0.15, 0.2) is 53.3 Å². The van der Waals surface area contributed by atoms with E-state index in [-0.39, 0.29) is 23.2 Å². The number of aromatic nitrogens is 3. The van der Waals surface area contributed by atoms with Crippen LogP contribution in [0.25, 0.3) is 27.8 Å². The first-order valence-corrected chi connectivity index (χ1v) is 8.63. The second-order valence-electron chi connectivity index (χ2n) is 6.10. The van der Waals surface area contributed by atoms with Crippen molar-refractivity contribution < 1.29 is 19.5 Å². The zero-order valence-corrected chi connectivity index (χ0v) is 15.2. The van der Waals surface area contributed by atoms with Gasteiger partial charge in [-0.05, 0) is 55.5 Å². The highest BCUT2D eigenvalue weighted by Crippen LogP contribution is 2.24. The predicted octanol–water partition coefficient (Wildman–Crippen LogP) is 2.74. The summed E-state index contributed by atoms with van der Waals surface area (Å²) in [6.07, 6.45) is 0. The normalized spacial score (nSPS) is 11.1. The van der Waals surface area contributed by atoms with Crippen molar-refractivity contribution in [1.29, 1.82) is 0 Å². The Morgan fingerprint density at radius 1 is 1.07 bits per heavy atom. The number of ether oxygens (including phenoxy) is 2. The summed E-state index contributed by atoms with van der Waals surface area (Å²) in [6, 6.07) is 13.5. The lowest BCUT2D eigenvalue weighted by atomic mass is 10.1. The summed E-state index contributed by atoms with van der Waals surface area (Å²) in [5, 5.41) is 14.8. The summed E-state index contributed by atoms with van der Waals surface area (Å²) in [7, 11) is 1.58. The molecule has 0 unspecified atom stereocenters. The largest absolute Gasteiger partial charge is 0.497 e. The Morgan fingerprint density at radius 2 is 1.82 bits per heavy atom. The Hall–Kier alpha value is -3.81. The highest BCUT2D eigenvalue weighted by molar-refractivity contribution is 5.94. The van der Waals surface area contributed by atoms with Gasteiger partial charge in [-0.15, -0.1) is 4.73 Å². The Bertz CT molecular complexity index is 1260. The molecule has 0 amide bonds. The fraction of sp³-hybridized carbons (Fsp3) is 0.150. The van der Waals surface area contributed by atoms with Gasteiger partial charge in [0.15, 0.2) is 0 Å². The van der Waals surface area contributed by atoms with Crippen molar-refractivity contribution in [1.82, 2.24) is 14.3 Å². The van der Waals surface area contributed by atoms with E-state index in [1.54, 1.807) is 44.4 Å². The molecule has 0 aliphatic heterocycles. The van der Waals surface area contributed by atoms with Gasteiger partial charge in [0.25, 0.3) is 0 Å². The van der Waals surface area contributed by atoms with Gasteiger partial charge in [0.2, 0.25) is 0 Å². The number of esters is 1. The molecule has 8 nitrogen and oxygen atoms in total. The number of hydrogen-bond donors (Lipinski definition) is 1. The van der Waals surface area contributed by atoms with Crippen molar-refractivity contribution in [3.63, 3.8) is 0 Å². The SMILES string of the molecule is CCOC(=O)c1ccc2c(c1)n(O)c(=O)c1cc(-c3ccc(OC)cc3)nn12. The highest BCUT2D eigenvalue weighted by atomic mass is 16.5. The number of carbonyl (C=O) groups excluding carboxylic acids is 1. The molecule has 2 aromatic carbocycles. The van der Waals surface area contributed by atoms with Gasteiger partial charge in [-0.3, -0.25) is 4.79 Å². The molecule has 0 bridgehead atoms. The second-order valence-corrected chi connectivity index (χ2v) is 6.10. The lowest BCUT2D eigenvalue weighted by molar-refractivity contribution is 0.0526. The van der Waals surface area contributed by atoms with E-state index in [1.807, 2.05) is 12.1 Å². The zero-order valence-electron chi connectivity index (χ0n) is 15.2. The third-order valence-electron chi connectivity index (χ3n) is 4.45. The molecule has 8 heteroatoms. The molecule has 0 aliphatic rings. The maximum atomic E-state index is 12.6. The van der Waals surface area contributed by atoms with Gasteiger partial charge >= 0.3 is 11.5 Å². The van der Waals surface area contributed by atoms with Gasteiger partial charge < -0.3 is 14.7 Å². The van der Waals surface area contributed by atoms with Crippen LogP contribution in [0.4, 0.5) is 0 Å². The standard InChI is InChI=1S/C20H17N3O5/c1-3-28-20(25)13-6-9-16-17(10-13)23(26)19(24)18-11-15(21-22(16)18)12-4-7-14(27-2)8-5-12/h4-11,26H,3H2,1-2H3. The maximum Gasteiger partial charge on any atom is 0.338 e. The molecule has 4 rings (SSSR count). The number of nitrogens with zero attached hydrogens (tertiary/aromatic N) is 3. The lowest BCUT2D eigenvalue weighted by Crippen LogP contribution is -2.21. The highest BCUT2D eigenvalue weighted by Gasteiger charge is 2.16. The minimum absolute atomic E-state index is 0.160. The molecule has 2 heterocycles. The van der Waals surface area contributed by atoms with Gasteiger partial charge in [-0.2, -0.15) is 5.10 Å². The summed E-state index contributed by atoms with van der Waals surface area (Å²) >= 11 is 0. The van der Waals surface area contributed by atoms with Crippen LogP contribution in [0, 0.1) is 0 Å². The van der Waals surface area contributed by atoms with E-state index >= 15 is 0 Å². The van der Waals surface area contributed by atoms with Gasteiger partial charge in [-0.1, -0.05) is 0 Å². The van der Waals surface area contributed by atoms with E-state index in [1.165, 1.54) is 10.6 Å². The molecule has 2 aromatic heterocycles. The Morgan fingerprint density at radius 3 is 2.50 bits per heavy atom. The first kappa shape index (κ1) is 17.6. The van der Waals surface area contributed by atoms with Crippen LogP contribution >= 0.6 is 0 Å². The van der Waals surface area contributed by atoms with E-state index in [9.17, 15) is 14.8 Å². The minimum Gasteiger partial charge on any atom is -0.497 e. The van der Waals surface area contributed by atoms with Gasteiger partial charge in [-0.25, -0.2) is 9.31 Å². The molecule has 0 atom stereocenters. The Balaban J connectivity index is 1.92. The van der Waals surface area contributed by atoms with Crippen LogP contribution in [0.3, 0.4) is 0 Å². The molecule has 0 spiro atoms. The molecule has 1 N–H and O–H groups in total. The van der Waals surface area contributed by atoms with Crippen molar-refractivity contribution in [3.05, 3.63) is 64.4 Å². The Kier molecular flexibility index (Phi) is 4.23. The van der Waals surface area contributed by atoms with Crippen LogP contribution in [-0.2, 0) is 4.74 Å². The number of hydrogen-bond acceptors (Lipinski definition) is 6. The van der Waals surface area contributed by atoms with Crippen LogP contribution < -0.4 is 10.3 Å². The van der Waals surface area contributed by atoms with Gasteiger partial charge in [0, 0.05) is 5.56 Å². The van der Waals surface area contributed by atoms with Crippen molar-refractivity contribution in [2.75, 3.05) is 13.7 Å². The van der Waals surface area contributed by atoms with Crippen LogP contribution in [-0.4, -0.2) is 39.2 Å². The van der Waals surface area contributed by atoms with E-state index in [0.717, 1.165) is 5.56 Å². The number of methoxy groups -OCH3 is 1. The van der Waals surface area contributed by atoms with Gasteiger partial charge in [0.05, 0.1) is 30.5 Å². The molecular formula is C20H17N3O5. The summed E-state index contributed by atoms with van der Waals surface area (Å²) in [5.74, 6) is 0.179. The average molecular weight is 379 g/mol. The topological polar surface area (TPSA) is 95.1 Å². The molecule has 0 saturated heterocycles. The first-order chi connectivity index (χ1) is 13.5. The summed E-state index contributed by atoms with van der Waals surface area (Å²) in [6.45, 7) is 1.93. The zero-order chi connectivity index (χ0) is 19.8. The summed E-state index contributed by atoms with van der Waals surface area (Å²) in [5.41, 5.74) is 1.81. The summed E-state index contributed by atoms with van der Waals surface area (Å²) < 4.78 is 12.1. The number of rotatable bonds is 4. The fourth-order valence-electron chi connectivity index (χ4n) is 3.05. The smallest absolute Gasteiger partial charge is 0.338 e. The Labute approximate surface area is 159 Å². The minimum atomic E-state index is -0.638. The predicted molar refractivity (Wildman–Crippen MR) is 102 cm³/mol. The quantitative estimate of drug-likeness (QED) is 0.433. The number of benzene rings is 2. The van der Waals surface area contributed by atoms with Crippen LogP contribution in [0.2, 0.25) is 0 Å². The molecule has 0 radical (unpaired) electrons. The first-order valence-electron chi connectivity index (χ1n) is 8.63. The summed E-state index contributed by atoms with van der Waals surface area (Å²) in [4.78, 5) is 24.6. The van der Waals surface area contributed by atoms with E-state index in [0.29, 0.717) is 21.7 Å². The van der Waals surface area contributed by atoms with Crippen LogP contribution in [0.1, 0.15) is 17.3 Å². The van der Waals surface area contributed by atoms with Crippen molar-refractivity contribution in [2.45, 2.75) is 6.92 Å². The second kappa shape index (κ2) is 6.73. The van der Waals surface area contributed by atoms with Crippen molar-refractivity contribution in [3.8, 4) is 17.0 Å². The average Bonchev–Trinajstić information content (AvgIpc) is 3.17. The van der Waals surface area contributed by atoms with E-state index < -0.39 is 11.5 Å². The molecule has 28 heavy (non-hydrogen) atoms.